The van der Waals surface area contributed by atoms with Gasteiger partial charge in [-0.15, -0.1) is 4.91 Å². The molecule has 5 rings (SSSR count). The van der Waals surface area contributed by atoms with Crippen molar-refractivity contribution in [1.82, 2.24) is 15.0 Å². The Balaban J connectivity index is 1.43. The minimum Gasteiger partial charge on any atom is -0.365 e. The highest BCUT2D eigenvalue weighted by atomic mass is 35.5. The quantitative estimate of drug-likeness (QED) is 0.429. The van der Waals surface area contributed by atoms with Gasteiger partial charge in [-0.25, -0.2) is 9.97 Å². The Labute approximate surface area is 221 Å². The lowest BCUT2D eigenvalue weighted by atomic mass is 10.1. The molecule has 5 heterocycles. The number of amides is 1. The van der Waals surface area contributed by atoms with Gasteiger partial charge in [0.2, 0.25) is 0 Å². The average Bonchev–Trinajstić information content (AvgIpc) is 3.33. The number of hydrogen-bond donors (Lipinski definition) is 0. The number of nitrogens with zero attached hydrogens (tertiary/aromatic N) is 7. The molecule has 2 unspecified atom stereocenters. The SMILES string of the molecule is Cc1cc(C(=O)N=O)cnc1N1CCN(c2cc(-c3cncc(Cl)c3)nc(N3CCCC3C)c2)C(C)C1. The second-order valence-corrected chi connectivity index (χ2v) is 10.3. The monoisotopic (exact) mass is 519 g/mol. The molecule has 0 N–H and O–H groups in total. The van der Waals surface area contributed by atoms with E-state index >= 15 is 0 Å². The molecule has 2 atom stereocenters. The van der Waals surface area contributed by atoms with E-state index in [1.54, 1.807) is 18.5 Å². The summed E-state index contributed by atoms with van der Waals surface area (Å²) in [5.74, 6) is 1.00. The zero-order valence-corrected chi connectivity index (χ0v) is 22.0. The summed E-state index contributed by atoms with van der Waals surface area (Å²) in [7, 11) is 0. The summed E-state index contributed by atoms with van der Waals surface area (Å²) in [6.45, 7) is 9.68. The van der Waals surface area contributed by atoms with Crippen LogP contribution >= 0.6 is 11.6 Å². The first-order valence-electron chi connectivity index (χ1n) is 12.6. The standard InChI is InChI=1S/C27H30ClN7O2/c1-17-9-21(27(36)32-37)14-30-26(17)33-7-8-34(19(3)16-33)23-11-24(20-10-22(28)15-29-13-20)31-25(12-23)35-6-4-5-18(35)2/h9-15,18-19H,4-8,16H2,1-3H3. The highest BCUT2D eigenvalue weighted by Gasteiger charge is 2.28. The number of carbonyl (C=O) groups is 1. The number of piperazine rings is 1. The maximum atomic E-state index is 11.6. The van der Waals surface area contributed by atoms with E-state index in [0.717, 1.165) is 73.2 Å². The Morgan fingerprint density at radius 3 is 2.54 bits per heavy atom. The minimum atomic E-state index is -0.799. The highest BCUT2D eigenvalue weighted by molar-refractivity contribution is 6.30. The average molecular weight is 520 g/mol. The predicted octanol–water partition coefficient (Wildman–Crippen LogP) is 5.11. The fourth-order valence-electron chi connectivity index (χ4n) is 5.39. The van der Waals surface area contributed by atoms with Gasteiger partial charge in [-0.05, 0) is 57.4 Å². The summed E-state index contributed by atoms with van der Waals surface area (Å²) in [5, 5.41) is 3.09. The number of carbonyl (C=O) groups excluding carboxylic acids is 1. The van der Waals surface area contributed by atoms with Gasteiger partial charge in [-0.1, -0.05) is 11.6 Å². The molecule has 37 heavy (non-hydrogen) atoms. The zero-order chi connectivity index (χ0) is 26.1. The number of nitroso groups, excluding NO2 is 1. The van der Waals surface area contributed by atoms with E-state index in [2.05, 4.69) is 55.8 Å². The first-order valence-corrected chi connectivity index (χ1v) is 13.0. The number of halogens is 1. The van der Waals surface area contributed by atoms with Crippen LogP contribution in [0.25, 0.3) is 11.3 Å². The van der Waals surface area contributed by atoms with Gasteiger partial charge < -0.3 is 14.7 Å². The molecule has 0 saturated carbocycles. The van der Waals surface area contributed by atoms with Gasteiger partial charge in [0.15, 0.2) is 0 Å². The van der Waals surface area contributed by atoms with E-state index in [9.17, 15) is 9.70 Å². The fourth-order valence-corrected chi connectivity index (χ4v) is 5.56. The van der Waals surface area contributed by atoms with E-state index in [1.807, 2.05) is 13.0 Å². The van der Waals surface area contributed by atoms with Gasteiger partial charge in [0, 0.05) is 79.3 Å². The number of rotatable bonds is 5. The summed E-state index contributed by atoms with van der Waals surface area (Å²) >= 11 is 6.26. The van der Waals surface area contributed by atoms with Crippen LogP contribution in [-0.4, -0.2) is 59.1 Å². The van der Waals surface area contributed by atoms with Crippen LogP contribution in [-0.2, 0) is 0 Å². The van der Waals surface area contributed by atoms with Crippen LogP contribution < -0.4 is 14.7 Å². The van der Waals surface area contributed by atoms with Gasteiger partial charge in [0.25, 0.3) is 0 Å². The van der Waals surface area contributed by atoms with Crippen molar-refractivity contribution in [3.63, 3.8) is 0 Å². The third-order valence-electron chi connectivity index (χ3n) is 7.28. The van der Waals surface area contributed by atoms with Crippen molar-refractivity contribution in [3.05, 3.63) is 63.9 Å². The maximum absolute atomic E-state index is 11.6. The van der Waals surface area contributed by atoms with Crippen molar-refractivity contribution in [2.24, 2.45) is 5.18 Å². The van der Waals surface area contributed by atoms with Crippen LogP contribution in [0.2, 0.25) is 5.02 Å². The molecule has 2 fully saturated rings. The van der Waals surface area contributed by atoms with Crippen LogP contribution in [0.5, 0.6) is 0 Å². The van der Waals surface area contributed by atoms with E-state index in [1.165, 1.54) is 6.20 Å². The van der Waals surface area contributed by atoms with Crippen LogP contribution in [0, 0.1) is 11.8 Å². The Morgan fingerprint density at radius 1 is 1.03 bits per heavy atom. The maximum Gasteiger partial charge on any atom is 0.318 e. The van der Waals surface area contributed by atoms with Crippen molar-refractivity contribution in [1.29, 1.82) is 0 Å². The molecule has 0 aliphatic carbocycles. The molecule has 0 bridgehead atoms. The topological polar surface area (TPSA) is 94.9 Å². The molecule has 192 valence electrons. The second kappa shape index (κ2) is 10.4. The van der Waals surface area contributed by atoms with Gasteiger partial charge in [-0.3, -0.25) is 9.78 Å². The molecule has 0 aromatic carbocycles. The van der Waals surface area contributed by atoms with Crippen molar-refractivity contribution in [3.8, 4) is 11.3 Å². The molecule has 0 radical (unpaired) electrons. The molecule has 3 aromatic rings. The third kappa shape index (κ3) is 5.13. The summed E-state index contributed by atoms with van der Waals surface area (Å²) in [5.41, 5.74) is 3.94. The lowest BCUT2D eigenvalue weighted by molar-refractivity contribution is 0.100. The van der Waals surface area contributed by atoms with Gasteiger partial charge in [-0.2, -0.15) is 0 Å². The molecule has 3 aromatic heterocycles. The fraction of sp³-hybridized carbons (Fsp3) is 0.407. The summed E-state index contributed by atoms with van der Waals surface area (Å²) in [6.07, 6.45) is 7.19. The van der Waals surface area contributed by atoms with Crippen LogP contribution in [0.4, 0.5) is 17.3 Å². The number of hydrogen-bond acceptors (Lipinski definition) is 8. The second-order valence-electron chi connectivity index (χ2n) is 9.89. The molecule has 10 heteroatoms. The van der Waals surface area contributed by atoms with Gasteiger partial charge >= 0.3 is 5.91 Å². The smallest absolute Gasteiger partial charge is 0.318 e. The number of anilines is 3. The third-order valence-corrected chi connectivity index (χ3v) is 7.49. The first-order chi connectivity index (χ1) is 17.8. The molecule has 2 aliphatic heterocycles. The summed E-state index contributed by atoms with van der Waals surface area (Å²) in [6, 6.07) is 8.56. The molecule has 1 amide bonds. The van der Waals surface area contributed by atoms with Crippen molar-refractivity contribution in [2.75, 3.05) is 40.9 Å². The molecule has 2 aliphatic rings. The molecular weight excluding hydrogens is 490 g/mol. The number of aromatic nitrogens is 3. The lowest BCUT2D eigenvalue weighted by Gasteiger charge is -2.42. The molecular formula is C27H30ClN7O2. The highest BCUT2D eigenvalue weighted by Crippen LogP contribution is 2.34. The van der Waals surface area contributed by atoms with Crippen molar-refractivity contribution in [2.45, 2.75) is 45.7 Å². The lowest BCUT2D eigenvalue weighted by Crippen LogP contribution is -2.52. The summed E-state index contributed by atoms with van der Waals surface area (Å²) in [4.78, 5) is 43.1. The number of aryl methyl sites for hydroxylation is 1. The van der Waals surface area contributed by atoms with E-state index in [4.69, 9.17) is 16.6 Å². The van der Waals surface area contributed by atoms with Gasteiger partial charge in [0.05, 0.1) is 16.3 Å². The minimum absolute atomic E-state index is 0.199. The molecule has 9 nitrogen and oxygen atoms in total. The molecule has 2 saturated heterocycles. The van der Waals surface area contributed by atoms with Crippen molar-refractivity contribution < 1.29 is 4.79 Å². The molecule has 0 spiro atoms. The Bertz CT molecular complexity index is 1330. The van der Waals surface area contributed by atoms with E-state index in [-0.39, 0.29) is 11.6 Å². The van der Waals surface area contributed by atoms with Crippen LogP contribution in [0.1, 0.15) is 42.6 Å². The van der Waals surface area contributed by atoms with Crippen LogP contribution in [0.15, 0.2) is 48.0 Å². The first kappa shape index (κ1) is 25.1. The zero-order valence-electron chi connectivity index (χ0n) is 21.3. The van der Waals surface area contributed by atoms with Gasteiger partial charge in [0.1, 0.15) is 11.6 Å². The van der Waals surface area contributed by atoms with E-state index in [0.29, 0.717) is 11.1 Å². The van der Waals surface area contributed by atoms with Crippen molar-refractivity contribution >= 4 is 34.8 Å². The van der Waals surface area contributed by atoms with E-state index < -0.39 is 5.91 Å². The largest absolute Gasteiger partial charge is 0.365 e. The summed E-state index contributed by atoms with van der Waals surface area (Å²) < 4.78 is 0. The predicted molar refractivity (Wildman–Crippen MR) is 147 cm³/mol. The Morgan fingerprint density at radius 2 is 1.86 bits per heavy atom. The van der Waals surface area contributed by atoms with Crippen LogP contribution in [0.3, 0.4) is 0 Å². The normalized spacial score (nSPS) is 19.8. The number of pyridine rings is 3. The Kier molecular flexibility index (Phi) is 7.06. The Hall–Kier alpha value is -3.59.